The Bertz CT molecular complexity index is 3200. The molecule has 59 heavy (non-hydrogen) atoms. The lowest BCUT2D eigenvalue weighted by Gasteiger charge is -2.34. The van der Waals surface area contributed by atoms with Crippen LogP contribution >= 0.6 is 0 Å². The van der Waals surface area contributed by atoms with Crippen LogP contribution in [0.5, 0.6) is 0 Å². The lowest BCUT2D eigenvalue weighted by Crippen LogP contribution is -2.28. The van der Waals surface area contributed by atoms with E-state index in [1.807, 2.05) is 24.3 Å². The van der Waals surface area contributed by atoms with Crippen molar-refractivity contribution in [3.05, 3.63) is 244 Å². The number of rotatable bonds is 7. The van der Waals surface area contributed by atoms with Crippen molar-refractivity contribution in [3.63, 3.8) is 0 Å². The molecule has 0 saturated heterocycles. The fourth-order valence-electron chi connectivity index (χ4n) is 9.99. The zero-order chi connectivity index (χ0) is 41.6. The van der Waals surface area contributed by atoms with Crippen molar-refractivity contribution in [1.82, 2.24) is 0 Å². The van der Waals surface area contributed by atoms with Gasteiger partial charge < -0.3 is 4.90 Å². The summed E-state index contributed by atoms with van der Waals surface area (Å²) in [5, 5.41) is 4.63. The van der Waals surface area contributed by atoms with Gasteiger partial charge in [-0.3, -0.25) is 0 Å². The van der Waals surface area contributed by atoms with Gasteiger partial charge in [-0.2, -0.15) is 0 Å². The average Bonchev–Trinajstić information content (AvgIpc) is 3.72. The quantitative estimate of drug-likeness (QED) is 0.115. The van der Waals surface area contributed by atoms with Crippen molar-refractivity contribution in [3.8, 4) is 11.1 Å². The molecule has 0 radical (unpaired) electrons. The summed E-state index contributed by atoms with van der Waals surface area (Å²) >= 11 is 0. The van der Waals surface area contributed by atoms with Gasteiger partial charge in [0.25, 0.3) is 0 Å². The summed E-state index contributed by atoms with van der Waals surface area (Å²) < 4.78 is 50.2. The molecular weight excluding hydrogens is 725 g/mol. The molecule has 0 fully saturated rings. The van der Waals surface area contributed by atoms with E-state index < -0.39 is 22.5 Å². The van der Waals surface area contributed by atoms with E-state index >= 15 is 8.78 Å². The van der Waals surface area contributed by atoms with Gasteiger partial charge in [0.05, 0.1) is 19.5 Å². The van der Waals surface area contributed by atoms with Gasteiger partial charge in [0.2, 0.25) is 0 Å². The average molecular weight is 766 g/mol. The van der Waals surface area contributed by atoms with Crippen LogP contribution in [0.15, 0.2) is 188 Å². The SMILES string of the molecule is [2H]/C(=C(/[2H])c1cc2c3c(ccc4cccc(c43)C2(c2ccccc2)c2ccccc2)c1)c1ccc2c(c1)C(C)(C)c1cc(N(c3ccccc3F)c3ccccc3F)ccc1-2. The molecule has 0 atom stereocenters. The van der Waals surface area contributed by atoms with E-state index in [1.165, 1.54) is 33.9 Å². The van der Waals surface area contributed by atoms with Crippen LogP contribution in [0.25, 0.3) is 44.8 Å². The number of nitrogens with zero attached hydrogens (tertiary/aromatic N) is 1. The Kier molecular flexibility index (Phi) is 7.38. The molecule has 0 N–H and O–H groups in total. The largest absolute Gasteiger partial charge is 0.305 e. The third kappa shape index (κ3) is 5.21. The normalized spacial score (nSPS) is 15.1. The predicted molar refractivity (Wildman–Crippen MR) is 241 cm³/mol. The van der Waals surface area contributed by atoms with Crippen LogP contribution in [0.1, 0.15) is 61.1 Å². The molecule has 0 bridgehead atoms. The third-order valence-electron chi connectivity index (χ3n) is 12.6. The van der Waals surface area contributed by atoms with Crippen molar-refractivity contribution < 1.29 is 11.5 Å². The number of hydrogen-bond acceptors (Lipinski definition) is 1. The second kappa shape index (κ2) is 13.2. The van der Waals surface area contributed by atoms with E-state index in [-0.39, 0.29) is 23.5 Å². The van der Waals surface area contributed by atoms with Gasteiger partial charge in [-0.1, -0.05) is 165 Å². The zero-order valence-corrected chi connectivity index (χ0v) is 32.6. The molecule has 1 nitrogen and oxygen atoms in total. The fourth-order valence-corrected chi connectivity index (χ4v) is 9.99. The molecule has 0 spiro atoms. The van der Waals surface area contributed by atoms with Gasteiger partial charge in [-0.25, -0.2) is 8.78 Å². The highest BCUT2D eigenvalue weighted by atomic mass is 19.1. The van der Waals surface area contributed by atoms with Crippen LogP contribution in [0.3, 0.4) is 0 Å². The lowest BCUT2D eigenvalue weighted by atomic mass is 9.67. The first-order valence-corrected chi connectivity index (χ1v) is 20.1. The maximum absolute atomic E-state index is 15.5. The Hall–Kier alpha value is -7.10. The van der Waals surface area contributed by atoms with E-state index in [2.05, 4.69) is 129 Å². The van der Waals surface area contributed by atoms with E-state index in [0.717, 1.165) is 44.3 Å². The molecule has 0 aromatic heterocycles. The molecule has 0 heterocycles. The minimum atomic E-state index is -0.626. The van der Waals surface area contributed by atoms with Gasteiger partial charge in [-0.15, -0.1) is 0 Å². The van der Waals surface area contributed by atoms with Crippen LogP contribution in [0, 0.1) is 11.6 Å². The van der Waals surface area contributed by atoms with E-state index in [9.17, 15) is 2.74 Å². The molecular formula is C56H39F2N. The first-order valence-electron chi connectivity index (χ1n) is 21.1. The second-order valence-electron chi connectivity index (χ2n) is 16.2. The van der Waals surface area contributed by atoms with Gasteiger partial charge in [-0.05, 0) is 126 Å². The third-order valence-corrected chi connectivity index (χ3v) is 12.6. The van der Waals surface area contributed by atoms with Crippen molar-refractivity contribution in [2.75, 3.05) is 4.90 Å². The van der Waals surface area contributed by atoms with Gasteiger partial charge in [0, 0.05) is 11.1 Å². The Labute approximate surface area is 346 Å². The van der Waals surface area contributed by atoms with Crippen molar-refractivity contribution >= 4 is 50.7 Å². The molecule has 9 aromatic carbocycles. The van der Waals surface area contributed by atoms with Crippen LogP contribution < -0.4 is 4.90 Å². The maximum atomic E-state index is 15.5. The minimum absolute atomic E-state index is 0.133. The first kappa shape index (κ1) is 32.9. The molecule has 282 valence electrons. The predicted octanol–water partition coefficient (Wildman–Crippen LogP) is 14.9. The summed E-state index contributed by atoms with van der Waals surface area (Å²) in [6.07, 6.45) is 0. The Morgan fingerprint density at radius 3 is 1.66 bits per heavy atom. The molecule has 11 rings (SSSR count). The van der Waals surface area contributed by atoms with Gasteiger partial charge in [0.15, 0.2) is 0 Å². The number of anilines is 3. The Morgan fingerprint density at radius 2 is 1.00 bits per heavy atom. The minimum Gasteiger partial charge on any atom is -0.305 e. The molecule has 0 aliphatic heterocycles. The molecule has 0 unspecified atom stereocenters. The number of para-hydroxylation sites is 2. The molecule has 2 aliphatic carbocycles. The second-order valence-corrected chi connectivity index (χ2v) is 16.2. The topological polar surface area (TPSA) is 3.24 Å². The number of hydrogen-bond donors (Lipinski definition) is 0. The fraction of sp³-hybridized carbons (Fsp3) is 0.0714. The Balaban J connectivity index is 1.04. The van der Waals surface area contributed by atoms with Crippen molar-refractivity contribution in [1.29, 1.82) is 0 Å². The summed E-state index contributed by atoms with van der Waals surface area (Å²) in [6.45, 7) is 4.29. The molecule has 0 amide bonds. The molecule has 0 saturated carbocycles. The van der Waals surface area contributed by atoms with Crippen LogP contribution in [0.2, 0.25) is 0 Å². The van der Waals surface area contributed by atoms with Crippen molar-refractivity contribution in [2.45, 2.75) is 24.7 Å². The highest BCUT2D eigenvalue weighted by Gasteiger charge is 2.45. The monoisotopic (exact) mass is 765 g/mol. The standard InChI is InChI=1S/C56H39F2N/c1-55(2)46-33-36(26-30-43(46)44-31-29-42(35-47(44)55)59(51-22-11-9-20-49(51)57)52-23-12-10-21-50(52)58)24-25-37-32-39-28-27-38-14-13-19-45-53(38)54(39)48(34-37)56(45,40-15-5-3-6-16-40)41-17-7-4-8-18-41/h3-35H,1-2H3/b25-24+/i24D,25D. The van der Waals surface area contributed by atoms with Crippen LogP contribution in [0.4, 0.5) is 25.8 Å². The maximum Gasteiger partial charge on any atom is 0.147 e. The molecule has 2 aliphatic rings. The smallest absolute Gasteiger partial charge is 0.147 e. The summed E-state index contributed by atoms with van der Waals surface area (Å²) in [5.41, 5.74) is 10.1. The van der Waals surface area contributed by atoms with E-state index in [0.29, 0.717) is 16.8 Å². The van der Waals surface area contributed by atoms with E-state index in [1.54, 1.807) is 41.3 Å². The van der Waals surface area contributed by atoms with Crippen LogP contribution in [-0.2, 0) is 10.8 Å². The van der Waals surface area contributed by atoms with Crippen LogP contribution in [-0.4, -0.2) is 0 Å². The Morgan fingerprint density at radius 1 is 0.458 bits per heavy atom. The number of halogens is 2. The highest BCUT2D eigenvalue weighted by molar-refractivity contribution is 6.16. The highest BCUT2D eigenvalue weighted by Crippen LogP contribution is 2.56. The summed E-state index contributed by atoms with van der Waals surface area (Å²) in [5.74, 6) is -0.911. The lowest BCUT2D eigenvalue weighted by molar-refractivity contribution is 0.619. The first-order chi connectivity index (χ1) is 29.7. The van der Waals surface area contributed by atoms with Gasteiger partial charge >= 0.3 is 0 Å². The van der Waals surface area contributed by atoms with Gasteiger partial charge in [0.1, 0.15) is 11.6 Å². The number of fused-ring (bicyclic) bond motifs is 3. The number of benzene rings is 9. The molecule has 3 heteroatoms. The summed E-state index contributed by atoms with van der Waals surface area (Å²) in [6, 6.07) is 61.6. The zero-order valence-electron chi connectivity index (χ0n) is 34.6. The van der Waals surface area contributed by atoms with E-state index in [4.69, 9.17) is 0 Å². The molecule has 9 aromatic rings. The summed E-state index contributed by atoms with van der Waals surface area (Å²) in [7, 11) is 0. The van der Waals surface area contributed by atoms with Crippen molar-refractivity contribution in [2.24, 2.45) is 0 Å². The summed E-state index contributed by atoms with van der Waals surface area (Å²) in [4.78, 5) is 1.63.